The second kappa shape index (κ2) is 6.27. The molecule has 2 N–H and O–H groups in total. The van der Waals surface area contributed by atoms with Crippen LogP contribution in [0.3, 0.4) is 0 Å². The first kappa shape index (κ1) is 16.2. The molecule has 1 aromatic rings. The zero-order valence-electron chi connectivity index (χ0n) is 12.6. The largest absolute Gasteiger partial charge is 0.395 e. The van der Waals surface area contributed by atoms with Crippen LogP contribution in [0.1, 0.15) is 37.9 Å². The molecule has 0 saturated carbocycles. The Morgan fingerprint density at radius 2 is 2.20 bits per heavy atom. The molecule has 0 aliphatic heterocycles. The van der Waals surface area contributed by atoms with Gasteiger partial charge in [0.15, 0.2) is 0 Å². The number of fused-ring (bicyclic) bond motifs is 1. The first-order chi connectivity index (χ1) is 9.39. The van der Waals surface area contributed by atoms with Gasteiger partial charge in [0.2, 0.25) is 0 Å². The van der Waals surface area contributed by atoms with Gasteiger partial charge in [-0.1, -0.05) is 31.5 Å². The maximum absolute atomic E-state index is 9.46. The van der Waals surface area contributed by atoms with Crippen LogP contribution in [0.5, 0.6) is 0 Å². The van der Waals surface area contributed by atoms with Crippen LogP contribution in [0.2, 0.25) is 5.02 Å². The van der Waals surface area contributed by atoms with Crippen molar-refractivity contribution < 1.29 is 5.11 Å². The number of halogens is 1. The van der Waals surface area contributed by atoms with Crippen LogP contribution in [0.15, 0.2) is 18.2 Å². The zero-order chi connectivity index (χ0) is 14.9. The fraction of sp³-hybridized carbons (Fsp3) is 0.625. The van der Waals surface area contributed by atoms with Gasteiger partial charge >= 0.3 is 0 Å². The molecule has 0 saturated heterocycles. The first-order valence-electron chi connectivity index (χ1n) is 7.07. The van der Waals surface area contributed by atoms with Crippen molar-refractivity contribution in [2.24, 2.45) is 5.41 Å². The molecule has 20 heavy (non-hydrogen) atoms. The molecule has 2 rings (SSSR count). The van der Waals surface area contributed by atoms with Gasteiger partial charge in [0.1, 0.15) is 0 Å². The molecule has 0 radical (unpaired) electrons. The van der Waals surface area contributed by atoms with E-state index in [0.717, 1.165) is 11.4 Å². The number of nitrogens with one attached hydrogen (secondary N) is 1. The van der Waals surface area contributed by atoms with E-state index in [-0.39, 0.29) is 29.4 Å². The molecular weight excluding hydrogens is 290 g/mol. The molecule has 3 atom stereocenters. The highest BCUT2D eigenvalue weighted by Gasteiger charge is 2.40. The van der Waals surface area contributed by atoms with Crippen molar-refractivity contribution >= 4 is 23.4 Å². The van der Waals surface area contributed by atoms with E-state index in [1.54, 1.807) is 11.8 Å². The molecule has 0 fully saturated rings. The van der Waals surface area contributed by atoms with Gasteiger partial charge < -0.3 is 10.4 Å². The van der Waals surface area contributed by atoms with E-state index in [1.165, 1.54) is 11.1 Å². The molecule has 0 heterocycles. The summed E-state index contributed by atoms with van der Waals surface area (Å²) >= 11 is 7.87. The lowest BCUT2D eigenvalue weighted by molar-refractivity contribution is 0.226. The Bertz CT molecular complexity index is 474. The molecular formula is C16H24ClNOS. The van der Waals surface area contributed by atoms with E-state index >= 15 is 0 Å². The van der Waals surface area contributed by atoms with Crippen molar-refractivity contribution in [3.63, 3.8) is 0 Å². The Balaban J connectivity index is 2.24. The Morgan fingerprint density at radius 1 is 1.50 bits per heavy atom. The fourth-order valence-corrected chi connectivity index (χ4v) is 3.95. The Hall–Kier alpha value is -0.220. The lowest BCUT2D eigenvalue weighted by Crippen LogP contribution is -2.43. The third-order valence-electron chi connectivity index (χ3n) is 4.32. The highest BCUT2D eigenvalue weighted by molar-refractivity contribution is 7.99. The molecule has 0 amide bonds. The average molecular weight is 314 g/mol. The lowest BCUT2D eigenvalue weighted by Gasteiger charge is -2.33. The minimum absolute atomic E-state index is 0.166. The van der Waals surface area contributed by atoms with Crippen LogP contribution in [0.25, 0.3) is 0 Å². The van der Waals surface area contributed by atoms with E-state index in [0.29, 0.717) is 0 Å². The van der Waals surface area contributed by atoms with Gasteiger partial charge in [-0.15, -0.1) is 0 Å². The van der Waals surface area contributed by atoms with Crippen molar-refractivity contribution in [3.8, 4) is 0 Å². The van der Waals surface area contributed by atoms with E-state index in [9.17, 15) is 5.11 Å². The molecule has 2 nitrogen and oxygen atoms in total. The highest BCUT2D eigenvalue weighted by Crippen LogP contribution is 2.46. The summed E-state index contributed by atoms with van der Waals surface area (Å²) in [5, 5.41) is 14.2. The number of aliphatic hydroxyl groups is 1. The highest BCUT2D eigenvalue weighted by atomic mass is 35.5. The number of rotatable bonds is 5. The predicted octanol–water partition coefficient (Wildman–Crippen LogP) is 3.67. The van der Waals surface area contributed by atoms with Gasteiger partial charge in [0.05, 0.1) is 6.61 Å². The molecule has 3 unspecified atom stereocenters. The Morgan fingerprint density at radius 3 is 2.80 bits per heavy atom. The van der Waals surface area contributed by atoms with Crippen LogP contribution >= 0.6 is 23.4 Å². The van der Waals surface area contributed by atoms with Crippen LogP contribution in [-0.4, -0.2) is 29.3 Å². The summed E-state index contributed by atoms with van der Waals surface area (Å²) in [4.78, 5) is 0. The lowest BCUT2D eigenvalue weighted by atomic mass is 9.85. The number of hydrogen-bond acceptors (Lipinski definition) is 3. The molecule has 0 bridgehead atoms. The van der Waals surface area contributed by atoms with Crippen LogP contribution < -0.4 is 5.32 Å². The molecule has 0 aromatic heterocycles. The fourth-order valence-electron chi connectivity index (χ4n) is 3.13. The minimum atomic E-state index is 0.166. The number of benzene rings is 1. The van der Waals surface area contributed by atoms with Crippen LogP contribution in [-0.2, 0) is 6.42 Å². The summed E-state index contributed by atoms with van der Waals surface area (Å²) in [5.74, 6) is 0. The van der Waals surface area contributed by atoms with Gasteiger partial charge in [0, 0.05) is 22.4 Å². The quantitative estimate of drug-likeness (QED) is 0.870. The second-order valence-corrected chi connectivity index (χ2v) is 7.87. The smallest absolute Gasteiger partial charge is 0.0564 e. The van der Waals surface area contributed by atoms with Crippen molar-refractivity contribution in [1.29, 1.82) is 0 Å². The van der Waals surface area contributed by atoms with Crippen molar-refractivity contribution in [2.45, 2.75) is 44.5 Å². The Labute approximate surface area is 131 Å². The normalized spacial score (nSPS) is 23.4. The molecule has 4 heteroatoms. The van der Waals surface area contributed by atoms with Gasteiger partial charge in [-0.05, 0) is 48.3 Å². The molecule has 1 aliphatic carbocycles. The van der Waals surface area contributed by atoms with Gasteiger partial charge in [-0.25, -0.2) is 0 Å². The number of hydrogen-bond donors (Lipinski definition) is 2. The van der Waals surface area contributed by atoms with Crippen LogP contribution in [0, 0.1) is 5.41 Å². The van der Waals surface area contributed by atoms with Crippen LogP contribution in [0.4, 0.5) is 0 Å². The SMILES string of the molecule is CSC(CO)C(C)NC1c2cc(Cl)ccc2CC1(C)C. The summed E-state index contributed by atoms with van der Waals surface area (Å²) in [6.45, 7) is 6.93. The average Bonchev–Trinajstić information content (AvgIpc) is 2.62. The van der Waals surface area contributed by atoms with Crippen molar-refractivity contribution in [1.82, 2.24) is 5.32 Å². The monoisotopic (exact) mass is 313 g/mol. The number of aliphatic hydroxyl groups excluding tert-OH is 1. The third kappa shape index (κ3) is 3.16. The minimum Gasteiger partial charge on any atom is -0.395 e. The van der Waals surface area contributed by atoms with Gasteiger partial charge in [-0.2, -0.15) is 11.8 Å². The summed E-state index contributed by atoms with van der Waals surface area (Å²) in [6, 6.07) is 6.74. The maximum atomic E-state index is 9.46. The topological polar surface area (TPSA) is 32.3 Å². The van der Waals surface area contributed by atoms with E-state index in [4.69, 9.17) is 11.6 Å². The molecule has 1 aliphatic rings. The predicted molar refractivity (Wildman–Crippen MR) is 88.7 cm³/mol. The Kier molecular flexibility index (Phi) is 5.06. The summed E-state index contributed by atoms with van der Waals surface area (Å²) in [5.41, 5.74) is 2.86. The third-order valence-corrected chi connectivity index (χ3v) is 5.71. The summed E-state index contributed by atoms with van der Waals surface area (Å²) in [6.07, 6.45) is 3.11. The standard InChI is InChI=1S/C16H24ClNOS/c1-10(14(9-19)20-4)18-15-13-7-12(17)6-5-11(13)8-16(15,2)3/h5-7,10,14-15,18-19H,8-9H2,1-4H3. The zero-order valence-corrected chi connectivity index (χ0v) is 14.2. The van der Waals surface area contributed by atoms with Gasteiger partial charge in [-0.3, -0.25) is 0 Å². The summed E-state index contributed by atoms with van der Waals surface area (Å²) in [7, 11) is 0. The molecule has 0 spiro atoms. The maximum Gasteiger partial charge on any atom is 0.0564 e. The van der Waals surface area contributed by atoms with Crippen molar-refractivity contribution in [3.05, 3.63) is 34.3 Å². The first-order valence-corrected chi connectivity index (χ1v) is 8.73. The van der Waals surface area contributed by atoms with E-state index < -0.39 is 0 Å². The van der Waals surface area contributed by atoms with E-state index in [2.05, 4.69) is 38.2 Å². The molecule has 112 valence electrons. The molecule has 1 aromatic carbocycles. The number of thioether (sulfide) groups is 1. The van der Waals surface area contributed by atoms with Gasteiger partial charge in [0.25, 0.3) is 0 Å². The van der Waals surface area contributed by atoms with Crippen molar-refractivity contribution in [2.75, 3.05) is 12.9 Å². The second-order valence-electron chi connectivity index (χ2n) is 6.35. The summed E-state index contributed by atoms with van der Waals surface area (Å²) < 4.78 is 0. The van der Waals surface area contributed by atoms with E-state index in [1.807, 2.05) is 12.3 Å².